The Labute approximate surface area is 159 Å². The van der Waals surface area contributed by atoms with Crippen LogP contribution < -0.4 is 0 Å². The number of thiazole rings is 1. The van der Waals surface area contributed by atoms with Crippen LogP contribution in [-0.4, -0.2) is 31.5 Å². The molecule has 132 valence electrons. The van der Waals surface area contributed by atoms with Crippen molar-refractivity contribution in [2.45, 2.75) is 13.3 Å². The molecular formula is C20H14N4O2S. The van der Waals surface area contributed by atoms with E-state index in [9.17, 15) is 9.59 Å². The minimum atomic E-state index is -0.236. The van der Waals surface area contributed by atoms with Gasteiger partial charge in [-0.05, 0) is 25.1 Å². The highest BCUT2D eigenvalue weighted by Gasteiger charge is 2.18. The van der Waals surface area contributed by atoms with Crippen LogP contribution in [0.2, 0.25) is 0 Å². The Hall–Kier alpha value is -3.32. The first kappa shape index (κ1) is 17.1. The number of hydrogen-bond acceptors (Lipinski definition) is 7. The van der Waals surface area contributed by atoms with Crippen molar-refractivity contribution in [3.05, 3.63) is 82.0 Å². The van der Waals surface area contributed by atoms with E-state index in [-0.39, 0.29) is 18.0 Å². The second-order valence-electron chi connectivity index (χ2n) is 6.04. The summed E-state index contributed by atoms with van der Waals surface area (Å²) in [5.41, 5.74) is 2.66. The lowest BCUT2D eigenvalue weighted by Crippen LogP contribution is -2.09. The van der Waals surface area contributed by atoms with Crippen LogP contribution in [0.4, 0.5) is 0 Å². The van der Waals surface area contributed by atoms with E-state index in [0.717, 1.165) is 16.1 Å². The standard InChI is InChI=1S/C20H14N4O2S/c1-12-10-27-18(24-12)7-17(25)16-6-14(5-13-3-2-4-23-19(13)16)20(26)15-8-21-11-22-9-15/h2-6,8-11H,7H2,1H3. The molecule has 27 heavy (non-hydrogen) atoms. The molecule has 0 aliphatic heterocycles. The van der Waals surface area contributed by atoms with Crippen molar-refractivity contribution >= 4 is 33.8 Å². The quantitative estimate of drug-likeness (QED) is 0.497. The number of aromatic nitrogens is 4. The third-order valence-electron chi connectivity index (χ3n) is 4.07. The lowest BCUT2D eigenvalue weighted by molar-refractivity contribution is 0.0994. The summed E-state index contributed by atoms with van der Waals surface area (Å²) < 4.78 is 0. The molecule has 7 heteroatoms. The fourth-order valence-corrected chi connectivity index (χ4v) is 3.61. The molecule has 0 unspecified atom stereocenters. The monoisotopic (exact) mass is 374 g/mol. The smallest absolute Gasteiger partial charge is 0.196 e. The molecule has 4 aromatic rings. The van der Waals surface area contributed by atoms with Gasteiger partial charge in [0.05, 0.1) is 17.5 Å². The van der Waals surface area contributed by atoms with Gasteiger partial charge in [0.25, 0.3) is 0 Å². The summed E-state index contributed by atoms with van der Waals surface area (Å²) in [5, 5.41) is 3.39. The van der Waals surface area contributed by atoms with Crippen molar-refractivity contribution in [2.24, 2.45) is 0 Å². The van der Waals surface area contributed by atoms with Crippen molar-refractivity contribution in [3.63, 3.8) is 0 Å². The topological polar surface area (TPSA) is 85.7 Å². The summed E-state index contributed by atoms with van der Waals surface area (Å²) in [6.07, 6.45) is 6.10. The Morgan fingerprint density at radius 3 is 2.67 bits per heavy atom. The predicted octanol–water partition coefficient (Wildman–Crippen LogP) is 3.45. The summed E-state index contributed by atoms with van der Waals surface area (Å²) in [4.78, 5) is 42.2. The van der Waals surface area contributed by atoms with Crippen LogP contribution in [0.5, 0.6) is 0 Å². The van der Waals surface area contributed by atoms with E-state index in [1.807, 2.05) is 18.4 Å². The Morgan fingerprint density at radius 2 is 1.93 bits per heavy atom. The van der Waals surface area contributed by atoms with Crippen LogP contribution in [0.1, 0.15) is 37.0 Å². The number of carbonyl (C=O) groups excluding carboxylic acids is 2. The van der Waals surface area contributed by atoms with Gasteiger partial charge in [-0.15, -0.1) is 11.3 Å². The highest BCUT2D eigenvalue weighted by molar-refractivity contribution is 7.09. The van der Waals surface area contributed by atoms with E-state index in [1.54, 1.807) is 24.4 Å². The number of aryl methyl sites for hydroxylation is 1. The van der Waals surface area contributed by atoms with E-state index in [2.05, 4.69) is 19.9 Å². The molecule has 3 heterocycles. The van der Waals surface area contributed by atoms with Crippen molar-refractivity contribution in [3.8, 4) is 0 Å². The summed E-state index contributed by atoms with van der Waals surface area (Å²) in [6.45, 7) is 1.89. The maximum Gasteiger partial charge on any atom is 0.196 e. The molecule has 0 fully saturated rings. The van der Waals surface area contributed by atoms with Crippen molar-refractivity contribution in [1.29, 1.82) is 0 Å². The van der Waals surface area contributed by atoms with Crippen LogP contribution in [0, 0.1) is 6.92 Å². The average molecular weight is 374 g/mol. The largest absolute Gasteiger partial charge is 0.294 e. The number of carbonyl (C=O) groups is 2. The van der Waals surface area contributed by atoms with Crippen LogP contribution in [-0.2, 0) is 6.42 Å². The van der Waals surface area contributed by atoms with Gasteiger partial charge in [0.1, 0.15) is 11.3 Å². The third kappa shape index (κ3) is 3.50. The van der Waals surface area contributed by atoms with Crippen LogP contribution in [0.15, 0.2) is 54.6 Å². The van der Waals surface area contributed by atoms with E-state index < -0.39 is 0 Å². The van der Waals surface area contributed by atoms with Gasteiger partial charge in [-0.1, -0.05) is 6.07 Å². The average Bonchev–Trinajstić information content (AvgIpc) is 3.11. The molecule has 4 rings (SSSR count). The van der Waals surface area contributed by atoms with Gasteiger partial charge in [-0.3, -0.25) is 14.6 Å². The molecule has 0 bridgehead atoms. The molecule has 0 radical (unpaired) electrons. The first-order valence-corrected chi connectivity index (χ1v) is 9.12. The first-order chi connectivity index (χ1) is 13.1. The van der Waals surface area contributed by atoms with Crippen LogP contribution in [0.3, 0.4) is 0 Å². The van der Waals surface area contributed by atoms with Crippen molar-refractivity contribution in [1.82, 2.24) is 19.9 Å². The zero-order valence-electron chi connectivity index (χ0n) is 14.4. The van der Waals surface area contributed by atoms with E-state index in [4.69, 9.17) is 0 Å². The summed E-state index contributed by atoms with van der Waals surface area (Å²) in [7, 11) is 0. The fourth-order valence-electron chi connectivity index (χ4n) is 2.84. The van der Waals surface area contributed by atoms with E-state index in [1.165, 1.54) is 30.1 Å². The Morgan fingerprint density at radius 1 is 1.11 bits per heavy atom. The molecule has 0 saturated carbocycles. The number of ketones is 2. The molecule has 0 amide bonds. The Kier molecular flexibility index (Phi) is 4.52. The second kappa shape index (κ2) is 7.13. The summed E-state index contributed by atoms with van der Waals surface area (Å²) in [6, 6.07) is 6.96. The van der Waals surface area contributed by atoms with Gasteiger partial charge in [-0.2, -0.15) is 0 Å². The number of hydrogen-bond donors (Lipinski definition) is 0. The zero-order valence-corrected chi connectivity index (χ0v) is 15.2. The molecule has 0 N–H and O–H groups in total. The maximum atomic E-state index is 12.9. The number of fused-ring (bicyclic) bond motifs is 1. The zero-order chi connectivity index (χ0) is 18.8. The van der Waals surface area contributed by atoms with Crippen molar-refractivity contribution in [2.75, 3.05) is 0 Å². The van der Waals surface area contributed by atoms with Gasteiger partial charge >= 0.3 is 0 Å². The molecule has 0 aliphatic carbocycles. The fraction of sp³-hybridized carbons (Fsp3) is 0.100. The Bertz CT molecular complexity index is 1160. The minimum absolute atomic E-state index is 0.119. The molecular weight excluding hydrogens is 360 g/mol. The normalized spacial score (nSPS) is 10.9. The molecule has 3 aromatic heterocycles. The van der Waals surface area contributed by atoms with Gasteiger partial charge in [-0.25, -0.2) is 15.0 Å². The van der Waals surface area contributed by atoms with Gasteiger partial charge in [0.2, 0.25) is 0 Å². The predicted molar refractivity (Wildman–Crippen MR) is 102 cm³/mol. The molecule has 1 aromatic carbocycles. The molecule has 0 aliphatic rings. The number of benzene rings is 1. The lowest BCUT2D eigenvalue weighted by Gasteiger charge is -2.08. The maximum absolute atomic E-state index is 12.9. The number of pyridine rings is 1. The molecule has 0 saturated heterocycles. The third-order valence-corrected chi connectivity index (χ3v) is 5.04. The highest BCUT2D eigenvalue weighted by atomic mass is 32.1. The van der Waals surface area contributed by atoms with Crippen LogP contribution >= 0.6 is 11.3 Å². The summed E-state index contributed by atoms with van der Waals surface area (Å²) in [5.74, 6) is -0.354. The van der Waals surface area contributed by atoms with E-state index >= 15 is 0 Å². The molecule has 0 atom stereocenters. The second-order valence-corrected chi connectivity index (χ2v) is 6.98. The molecule has 6 nitrogen and oxygen atoms in total. The minimum Gasteiger partial charge on any atom is -0.294 e. The van der Waals surface area contributed by atoms with E-state index in [0.29, 0.717) is 22.2 Å². The SMILES string of the molecule is Cc1csc(CC(=O)c2cc(C(=O)c3cncnc3)cc3cccnc23)n1. The highest BCUT2D eigenvalue weighted by Crippen LogP contribution is 2.23. The Balaban J connectivity index is 1.79. The molecule has 0 spiro atoms. The number of Topliss-reactive ketones (excluding diaryl/α,β-unsaturated/α-hetero) is 1. The van der Waals surface area contributed by atoms with Gasteiger partial charge in [0, 0.05) is 46.2 Å². The summed E-state index contributed by atoms with van der Waals surface area (Å²) >= 11 is 1.45. The number of nitrogens with zero attached hydrogens (tertiary/aromatic N) is 4. The van der Waals surface area contributed by atoms with Crippen molar-refractivity contribution < 1.29 is 9.59 Å². The van der Waals surface area contributed by atoms with Crippen LogP contribution in [0.25, 0.3) is 10.9 Å². The lowest BCUT2D eigenvalue weighted by atomic mass is 9.97. The number of rotatable bonds is 5. The first-order valence-electron chi connectivity index (χ1n) is 8.24. The van der Waals surface area contributed by atoms with Gasteiger partial charge in [0.15, 0.2) is 11.6 Å². The van der Waals surface area contributed by atoms with Gasteiger partial charge < -0.3 is 0 Å².